The van der Waals surface area contributed by atoms with Crippen LogP contribution in [0.4, 0.5) is 11.4 Å². The number of nitrogens with zero attached hydrogens (tertiary/aromatic N) is 1. The minimum Gasteiger partial charge on any atom is -0.504 e. The van der Waals surface area contributed by atoms with Crippen molar-refractivity contribution >= 4 is 23.4 Å². The molecule has 0 fully saturated rings. The fourth-order valence-electron chi connectivity index (χ4n) is 2.44. The Kier molecular flexibility index (Phi) is 4.81. The third kappa shape index (κ3) is 3.87. The number of carbonyl (C=O) groups excluding carboxylic acids is 1. The van der Waals surface area contributed by atoms with Crippen molar-refractivity contribution in [2.75, 3.05) is 4.90 Å². The number of anilines is 2. The van der Waals surface area contributed by atoms with E-state index in [1.54, 1.807) is 17.0 Å². The maximum atomic E-state index is 12.8. The van der Waals surface area contributed by atoms with Gasteiger partial charge in [-0.25, -0.2) is 0 Å². The van der Waals surface area contributed by atoms with Gasteiger partial charge in [-0.15, -0.1) is 0 Å². The smallest absolute Gasteiger partial charge is 0.255 e. The van der Waals surface area contributed by atoms with Crippen LogP contribution in [0.15, 0.2) is 84.9 Å². The molecule has 2 N–H and O–H groups in total. The quantitative estimate of drug-likeness (QED) is 0.547. The van der Waals surface area contributed by atoms with E-state index in [4.69, 9.17) is 0 Å². The van der Waals surface area contributed by atoms with Gasteiger partial charge in [0.05, 0.1) is 0 Å². The van der Waals surface area contributed by atoms with Crippen molar-refractivity contribution in [2.45, 2.75) is 0 Å². The summed E-state index contributed by atoms with van der Waals surface area (Å²) in [4.78, 5) is 14.4. The molecule has 0 radical (unpaired) electrons. The van der Waals surface area contributed by atoms with Crippen LogP contribution in [0.2, 0.25) is 0 Å². The highest BCUT2D eigenvalue weighted by Gasteiger charge is 2.15. The zero-order valence-corrected chi connectivity index (χ0v) is 13.4. The van der Waals surface area contributed by atoms with Crippen LogP contribution in [0.1, 0.15) is 5.56 Å². The summed E-state index contributed by atoms with van der Waals surface area (Å²) in [7, 11) is 0. The van der Waals surface area contributed by atoms with E-state index < -0.39 is 0 Å². The molecule has 0 bridgehead atoms. The first-order valence-electron chi connectivity index (χ1n) is 7.79. The van der Waals surface area contributed by atoms with E-state index in [1.807, 2.05) is 60.7 Å². The van der Waals surface area contributed by atoms with Crippen LogP contribution in [-0.4, -0.2) is 16.1 Å². The van der Waals surface area contributed by atoms with Gasteiger partial charge in [0.15, 0.2) is 11.5 Å². The summed E-state index contributed by atoms with van der Waals surface area (Å²) in [6, 6.07) is 23.2. The monoisotopic (exact) mass is 331 g/mol. The van der Waals surface area contributed by atoms with Gasteiger partial charge in [0.25, 0.3) is 5.91 Å². The van der Waals surface area contributed by atoms with Crippen molar-refractivity contribution in [1.82, 2.24) is 0 Å². The summed E-state index contributed by atoms with van der Waals surface area (Å²) in [5, 5.41) is 18.9. The zero-order chi connectivity index (χ0) is 17.6. The van der Waals surface area contributed by atoms with E-state index in [2.05, 4.69) is 0 Å². The van der Waals surface area contributed by atoms with Gasteiger partial charge in [0.2, 0.25) is 0 Å². The van der Waals surface area contributed by atoms with Crippen molar-refractivity contribution in [3.05, 3.63) is 90.5 Å². The number of benzene rings is 3. The summed E-state index contributed by atoms with van der Waals surface area (Å²) < 4.78 is 0. The molecule has 0 unspecified atom stereocenters. The highest BCUT2D eigenvalue weighted by atomic mass is 16.3. The molecule has 3 aromatic carbocycles. The minimum absolute atomic E-state index is 0.196. The second kappa shape index (κ2) is 7.36. The Bertz CT molecular complexity index is 850. The molecule has 0 aliphatic heterocycles. The molecule has 0 spiro atoms. The Labute approximate surface area is 145 Å². The number of amides is 1. The molecular formula is C21H17NO3. The molecule has 3 rings (SSSR count). The maximum absolute atomic E-state index is 12.8. The predicted octanol–water partition coefficient (Wildman–Crippen LogP) is 4.48. The second-order valence-electron chi connectivity index (χ2n) is 5.43. The molecule has 0 aliphatic rings. The van der Waals surface area contributed by atoms with Crippen molar-refractivity contribution in [3.63, 3.8) is 0 Å². The summed E-state index contributed by atoms with van der Waals surface area (Å²) in [6.45, 7) is 0. The van der Waals surface area contributed by atoms with E-state index in [1.165, 1.54) is 18.2 Å². The maximum Gasteiger partial charge on any atom is 0.255 e. The van der Waals surface area contributed by atoms with Gasteiger partial charge in [-0.2, -0.15) is 0 Å². The average Bonchev–Trinajstić information content (AvgIpc) is 2.65. The van der Waals surface area contributed by atoms with E-state index in [0.29, 0.717) is 5.56 Å². The van der Waals surface area contributed by atoms with Gasteiger partial charge in [-0.3, -0.25) is 9.69 Å². The lowest BCUT2D eigenvalue weighted by Gasteiger charge is -2.21. The third-order valence-corrected chi connectivity index (χ3v) is 3.67. The Morgan fingerprint density at radius 1 is 0.760 bits per heavy atom. The summed E-state index contributed by atoms with van der Waals surface area (Å²) in [5.74, 6) is -0.638. The first-order valence-corrected chi connectivity index (χ1v) is 7.79. The Balaban J connectivity index is 1.92. The van der Waals surface area contributed by atoms with Crippen molar-refractivity contribution in [3.8, 4) is 11.5 Å². The lowest BCUT2D eigenvalue weighted by molar-refractivity contribution is -0.113. The number of hydrogen-bond acceptors (Lipinski definition) is 3. The van der Waals surface area contributed by atoms with E-state index in [0.717, 1.165) is 11.4 Å². The van der Waals surface area contributed by atoms with Crippen LogP contribution >= 0.6 is 0 Å². The van der Waals surface area contributed by atoms with E-state index in [9.17, 15) is 15.0 Å². The number of para-hydroxylation sites is 2. The average molecular weight is 331 g/mol. The minimum atomic E-state index is -0.224. The summed E-state index contributed by atoms with van der Waals surface area (Å²) >= 11 is 0. The standard InChI is InChI=1S/C21H17NO3/c23-19-13-11-16(15-20(19)24)12-14-21(25)22(17-7-3-1-4-8-17)18-9-5-2-6-10-18/h1-15,23-24H/b14-12+. The molecule has 3 aromatic rings. The van der Waals surface area contributed by atoms with E-state index >= 15 is 0 Å². The molecule has 0 aliphatic carbocycles. The molecule has 4 heteroatoms. The molecule has 124 valence electrons. The van der Waals surface area contributed by atoms with Crippen molar-refractivity contribution in [2.24, 2.45) is 0 Å². The largest absolute Gasteiger partial charge is 0.504 e. The first-order chi connectivity index (χ1) is 12.1. The molecule has 25 heavy (non-hydrogen) atoms. The SMILES string of the molecule is O=C(/C=C/c1ccc(O)c(O)c1)N(c1ccccc1)c1ccccc1. The van der Waals surface area contributed by atoms with Crippen LogP contribution in [0, 0.1) is 0 Å². The number of carbonyl (C=O) groups is 1. The molecule has 0 saturated carbocycles. The van der Waals surface area contributed by atoms with Crippen LogP contribution in [-0.2, 0) is 4.79 Å². The van der Waals surface area contributed by atoms with E-state index in [-0.39, 0.29) is 17.4 Å². The zero-order valence-electron chi connectivity index (χ0n) is 13.4. The number of phenols is 2. The lowest BCUT2D eigenvalue weighted by atomic mass is 10.1. The molecule has 0 aromatic heterocycles. The fraction of sp³-hybridized carbons (Fsp3) is 0. The number of hydrogen-bond donors (Lipinski definition) is 2. The van der Waals surface area contributed by atoms with Gasteiger partial charge in [0, 0.05) is 17.5 Å². The number of aromatic hydroxyl groups is 2. The third-order valence-electron chi connectivity index (χ3n) is 3.67. The van der Waals surface area contributed by atoms with Gasteiger partial charge in [-0.05, 0) is 48.0 Å². The summed E-state index contributed by atoms with van der Waals surface area (Å²) in [5.41, 5.74) is 2.14. The molecular weight excluding hydrogens is 314 g/mol. The van der Waals surface area contributed by atoms with Crippen LogP contribution < -0.4 is 4.90 Å². The van der Waals surface area contributed by atoms with Crippen LogP contribution in [0.25, 0.3) is 6.08 Å². The molecule has 1 amide bonds. The van der Waals surface area contributed by atoms with Gasteiger partial charge < -0.3 is 10.2 Å². The Hall–Kier alpha value is -3.53. The molecule has 4 nitrogen and oxygen atoms in total. The lowest BCUT2D eigenvalue weighted by Crippen LogP contribution is -2.23. The summed E-state index contributed by atoms with van der Waals surface area (Å²) in [6.07, 6.45) is 3.03. The van der Waals surface area contributed by atoms with Gasteiger partial charge >= 0.3 is 0 Å². The second-order valence-corrected chi connectivity index (χ2v) is 5.43. The van der Waals surface area contributed by atoms with Gasteiger partial charge in [0.1, 0.15) is 0 Å². The predicted molar refractivity (Wildman–Crippen MR) is 98.8 cm³/mol. The van der Waals surface area contributed by atoms with Crippen LogP contribution in [0.5, 0.6) is 11.5 Å². The van der Waals surface area contributed by atoms with Crippen molar-refractivity contribution in [1.29, 1.82) is 0 Å². The molecule has 0 atom stereocenters. The Morgan fingerprint density at radius 2 is 1.32 bits per heavy atom. The first kappa shape index (κ1) is 16.3. The van der Waals surface area contributed by atoms with Crippen LogP contribution in [0.3, 0.4) is 0 Å². The van der Waals surface area contributed by atoms with Gasteiger partial charge in [-0.1, -0.05) is 42.5 Å². The highest BCUT2D eigenvalue weighted by molar-refractivity contribution is 6.08. The number of rotatable bonds is 4. The topological polar surface area (TPSA) is 60.8 Å². The number of phenolic OH excluding ortho intramolecular Hbond substituents is 2. The highest BCUT2D eigenvalue weighted by Crippen LogP contribution is 2.27. The van der Waals surface area contributed by atoms with Crippen molar-refractivity contribution < 1.29 is 15.0 Å². The molecule has 0 saturated heterocycles. The fourth-order valence-corrected chi connectivity index (χ4v) is 2.44. The molecule has 0 heterocycles. The normalized spacial score (nSPS) is 10.7. The Morgan fingerprint density at radius 3 is 1.84 bits per heavy atom.